The zero-order valence-corrected chi connectivity index (χ0v) is 14.0. The molecular formula is C20H19N3O2. The molecule has 2 aromatic carbocycles. The quantitative estimate of drug-likeness (QED) is 0.719. The molecule has 0 radical (unpaired) electrons. The summed E-state index contributed by atoms with van der Waals surface area (Å²) in [6.45, 7) is 0.831. The standard InChI is InChI=1S/C20H19N3O2/c1-22(20(24)25-18-11-13-23-14-12-21-19(18)23)17-10-6-5-9-16(17)15-7-3-2-4-8-15/h2-10,12,14,18H,11,13H2,1H3/t18-/m0/s1. The van der Waals surface area contributed by atoms with Gasteiger partial charge in [0.15, 0.2) is 6.10 Å². The van der Waals surface area contributed by atoms with E-state index in [1.54, 1.807) is 18.1 Å². The molecule has 5 heteroatoms. The lowest BCUT2D eigenvalue weighted by Gasteiger charge is -2.22. The van der Waals surface area contributed by atoms with Gasteiger partial charge in [0.05, 0.1) is 5.69 Å². The summed E-state index contributed by atoms with van der Waals surface area (Å²) >= 11 is 0. The molecule has 1 aromatic heterocycles. The smallest absolute Gasteiger partial charge is 0.414 e. The van der Waals surface area contributed by atoms with E-state index in [-0.39, 0.29) is 12.2 Å². The summed E-state index contributed by atoms with van der Waals surface area (Å²) in [6, 6.07) is 17.9. The predicted molar refractivity (Wildman–Crippen MR) is 96.3 cm³/mol. The van der Waals surface area contributed by atoms with E-state index < -0.39 is 0 Å². The van der Waals surface area contributed by atoms with Crippen molar-refractivity contribution in [3.05, 3.63) is 72.8 Å². The van der Waals surface area contributed by atoms with Crippen molar-refractivity contribution >= 4 is 11.8 Å². The molecule has 3 aromatic rings. The van der Waals surface area contributed by atoms with Crippen LogP contribution in [0.1, 0.15) is 18.3 Å². The van der Waals surface area contributed by atoms with Crippen molar-refractivity contribution in [3.63, 3.8) is 0 Å². The van der Waals surface area contributed by atoms with Crippen molar-refractivity contribution in [2.24, 2.45) is 0 Å². The highest BCUT2D eigenvalue weighted by molar-refractivity contribution is 5.93. The SMILES string of the molecule is CN(C(=O)O[C@H]1CCn2ccnc21)c1ccccc1-c1ccccc1. The van der Waals surface area contributed by atoms with E-state index in [9.17, 15) is 4.79 Å². The molecule has 0 N–H and O–H groups in total. The van der Waals surface area contributed by atoms with Gasteiger partial charge in [0, 0.05) is 38.0 Å². The Balaban J connectivity index is 1.57. The van der Waals surface area contributed by atoms with Crippen LogP contribution in [0.5, 0.6) is 0 Å². The molecule has 0 aliphatic carbocycles. The predicted octanol–water partition coefficient (Wildman–Crippen LogP) is 4.27. The third kappa shape index (κ3) is 2.89. The lowest BCUT2D eigenvalue weighted by atomic mass is 10.0. The minimum Gasteiger partial charge on any atom is -0.438 e. The summed E-state index contributed by atoms with van der Waals surface area (Å²) in [4.78, 5) is 18.5. The number of aromatic nitrogens is 2. The summed E-state index contributed by atoms with van der Waals surface area (Å²) in [5.74, 6) is 0.818. The normalized spacial score (nSPS) is 15.6. The maximum atomic E-state index is 12.7. The van der Waals surface area contributed by atoms with Gasteiger partial charge in [-0.05, 0) is 11.6 Å². The number of fused-ring (bicyclic) bond motifs is 1. The van der Waals surface area contributed by atoms with Crippen molar-refractivity contribution in [2.45, 2.75) is 19.1 Å². The largest absolute Gasteiger partial charge is 0.438 e. The number of amides is 1. The first-order chi connectivity index (χ1) is 12.2. The number of para-hydroxylation sites is 1. The fourth-order valence-corrected chi connectivity index (χ4v) is 3.22. The Hall–Kier alpha value is -3.08. The summed E-state index contributed by atoms with van der Waals surface area (Å²) in [7, 11) is 1.74. The van der Waals surface area contributed by atoms with Gasteiger partial charge in [0.1, 0.15) is 5.82 Å². The van der Waals surface area contributed by atoms with E-state index in [1.807, 2.05) is 65.4 Å². The van der Waals surface area contributed by atoms with Crippen LogP contribution in [-0.4, -0.2) is 22.7 Å². The van der Waals surface area contributed by atoms with Crippen LogP contribution in [0, 0.1) is 0 Å². The molecule has 0 fully saturated rings. The van der Waals surface area contributed by atoms with Crippen molar-refractivity contribution in [2.75, 3.05) is 11.9 Å². The fraction of sp³-hybridized carbons (Fsp3) is 0.200. The van der Waals surface area contributed by atoms with E-state index in [0.29, 0.717) is 0 Å². The number of hydrogen-bond acceptors (Lipinski definition) is 3. The maximum Gasteiger partial charge on any atom is 0.414 e. The third-order valence-corrected chi connectivity index (χ3v) is 4.53. The summed E-state index contributed by atoms with van der Waals surface area (Å²) in [5.41, 5.74) is 2.88. The van der Waals surface area contributed by atoms with Gasteiger partial charge in [-0.1, -0.05) is 48.5 Å². The molecule has 0 saturated heterocycles. The number of anilines is 1. The second kappa shape index (κ2) is 6.43. The highest BCUT2D eigenvalue weighted by Crippen LogP contribution is 2.32. The molecule has 0 saturated carbocycles. The lowest BCUT2D eigenvalue weighted by molar-refractivity contribution is 0.104. The summed E-state index contributed by atoms with van der Waals surface area (Å²) in [6.07, 6.45) is 3.77. The van der Waals surface area contributed by atoms with Gasteiger partial charge in [-0.2, -0.15) is 0 Å². The minimum atomic E-state index is -0.371. The van der Waals surface area contributed by atoms with Crippen LogP contribution < -0.4 is 4.90 Å². The molecule has 0 unspecified atom stereocenters. The first-order valence-electron chi connectivity index (χ1n) is 8.34. The van der Waals surface area contributed by atoms with Gasteiger partial charge in [0.25, 0.3) is 0 Å². The molecule has 1 aliphatic heterocycles. The van der Waals surface area contributed by atoms with Gasteiger partial charge in [-0.25, -0.2) is 9.78 Å². The minimum absolute atomic E-state index is 0.283. The van der Waals surface area contributed by atoms with E-state index in [1.165, 1.54) is 0 Å². The Morgan fingerprint density at radius 1 is 1.16 bits per heavy atom. The molecule has 5 nitrogen and oxygen atoms in total. The van der Waals surface area contributed by atoms with Crippen molar-refractivity contribution < 1.29 is 9.53 Å². The van der Waals surface area contributed by atoms with Crippen LogP contribution in [-0.2, 0) is 11.3 Å². The van der Waals surface area contributed by atoms with Gasteiger partial charge >= 0.3 is 6.09 Å². The molecule has 2 heterocycles. The Morgan fingerprint density at radius 3 is 2.76 bits per heavy atom. The first-order valence-corrected chi connectivity index (χ1v) is 8.34. The van der Waals surface area contributed by atoms with Crippen LogP contribution in [0.15, 0.2) is 67.0 Å². The highest BCUT2D eigenvalue weighted by Gasteiger charge is 2.29. The fourth-order valence-electron chi connectivity index (χ4n) is 3.22. The average molecular weight is 333 g/mol. The number of nitrogens with zero attached hydrogens (tertiary/aromatic N) is 3. The Morgan fingerprint density at radius 2 is 1.92 bits per heavy atom. The number of hydrogen-bond donors (Lipinski definition) is 0. The molecule has 25 heavy (non-hydrogen) atoms. The summed E-state index contributed by atoms with van der Waals surface area (Å²) in [5, 5.41) is 0. The molecule has 1 amide bonds. The Kier molecular flexibility index (Phi) is 3.98. The number of carbonyl (C=O) groups is 1. The topological polar surface area (TPSA) is 47.4 Å². The highest BCUT2D eigenvalue weighted by atomic mass is 16.6. The van der Waals surface area contributed by atoms with Crippen LogP contribution >= 0.6 is 0 Å². The Bertz CT molecular complexity index is 889. The zero-order chi connectivity index (χ0) is 17.2. The number of benzene rings is 2. The van der Waals surface area contributed by atoms with Crippen LogP contribution in [0.2, 0.25) is 0 Å². The van der Waals surface area contributed by atoms with Gasteiger partial charge in [-0.15, -0.1) is 0 Å². The van der Waals surface area contributed by atoms with E-state index in [4.69, 9.17) is 4.74 Å². The third-order valence-electron chi connectivity index (χ3n) is 4.53. The first kappa shape index (κ1) is 15.4. The van der Waals surface area contributed by atoms with Gasteiger partial charge < -0.3 is 9.30 Å². The number of imidazole rings is 1. The molecule has 0 bridgehead atoms. The number of aryl methyl sites for hydroxylation is 1. The lowest BCUT2D eigenvalue weighted by Crippen LogP contribution is -2.28. The van der Waals surface area contributed by atoms with Crippen molar-refractivity contribution in [3.8, 4) is 11.1 Å². The van der Waals surface area contributed by atoms with Crippen LogP contribution in [0.4, 0.5) is 10.5 Å². The van der Waals surface area contributed by atoms with Gasteiger partial charge in [0.2, 0.25) is 0 Å². The van der Waals surface area contributed by atoms with E-state index in [2.05, 4.69) is 4.98 Å². The van der Waals surface area contributed by atoms with Gasteiger partial charge in [-0.3, -0.25) is 4.90 Å². The van der Waals surface area contributed by atoms with Crippen molar-refractivity contribution in [1.82, 2.24) is 9.55 Å². The number of carbonyl (C=O) groups excluding carboxylic acids is 1. The number of rotatable bonds is 3. The molecule has 1 atom stereocenters. The molecule has 0 spiro atoms. The molecule has 4 rings (SSSR count). The molecular weight excluding hydrogens is 314 g/mol. The monoisotopic (exact) mass is 333 g/mol. The average Bonchev–Trinajstić information content (AvgIpc) is 3.27. The van der Waals surface area contributed by atoms with Crippen molar-refractivity contribution in [1.29, 1.82) is 0 Å². The summed E-state index contributed by atoms with van der Waals surface area (Å²) < 4.78 is 7.73. The van der Waals surface area contributed by atoms with E-state index in [0.717, 1.165) is 35.6 Å². The molecule has 1 aliphatic rings. The van der Waals surface area contributed by atoms with Crippen LogP contribution in [0.3, 0.4) is 0 Å². The van der Waals surface area contributed by atoms with E-state index >= 15 is 0 Å². The molecule has 126 valence electrons. The zero-order valence-electron chi connectivity index (χ0n) is 14.0. The van der Waals surface area contributed by atoms with Crippen LogP contribution in [0.25, 0.3) is 11.1 Å². The second-order valence-corrected chi connectivity index (χ2v) is 6.08. The maximum absolute atomic E-state index is 12.7. The number of ether oxygens (including phenoxy) is 1. The Labute approximate surface area is 146 Å². The second-order valence-electron chi connectivity index (χ2n) is 6.08.